The second-order valence-corrected chi connectivity index (χ2v) is 5.40. The van der Waals surface area contributed by atoms with Crippen molar-refractivity contribution in [1.29, 1.82) is 0 Å². The van der Waals surface area contributed by atoms with Gasteiger partial charge in [-0.15, -0.1) is 0 Å². The highest BCUT2D eigenvalue weighted by molar-refractivity contribution is 5.46. The minimum Gasteiger partial charge on any atom is -0.380 e. The number of benzene rings is 1. The van der Waals surface area contributed by atoms with Gasteiger partial charge in [-0.3, -0.25) is 0 Å². The van der Waals surface area contributed by atoms with Crippen molar-refractivity contribution in [3.63, 3.8) is 0 Å². The summed E-state index contributed by atoms with van der Waals surface area (Å²) in [6.07, 6.45) is 6.60. The van der Waals surface area contributed by atoms with E-state index in [1.165, 1.54) is 12.8 Å². The van der Waals surface area contributed by atoms with E-state index in [0.717, 1.165) is 37.7 Å². The standard InChI is InChI=1S/C15H20F3N/c1-2-3-10-4-6-11(7-5-10)19-15-9-13(17)12(16)8-14(15)18/h8-11,19H,2-7H2,1H3. The van der Waals surface area contributed by atoms with E-state index < -0.39 is 17.5 Å². The lowest BCUT2D eigenvalue weighted by atomic mass is 9.83. The summed E-state index contributed by atoms with van der Waals surface area (Å²) in [6.45, 7) is 2.18. The quantitative estimate of drug-likeness (QED) is 0.770. The van der Waals surface area contributed by atoms with Gasteiger partial charge in [-0.05, 0) is 31.6 Å². The molecule has 0 aromatic heterocycles. The molecule has 4 heteroatoms. The van der Waals surface area contributed by atoms with E-state index >= 15 is 0 Å². The molecule has 1 fully saturated rings. The van der Waals surface area contributed by atoms with E-state index in [1.807, 2.05) is 0 Å². The van der Waals surface area contributed by atoms with Gasteiger partial charge in [-0.1, -0.05) is 19.8 Å². The lowest BCUT2D eigenvalue weighted by molar-refractivity contribution is 0.318. The largest absolute Gasteiger partial charge is 0.380 e. The average Bonchev–Trinajstić information content (AvgIpc) is 2.38. The molecule has 0 saturated heterocycles. The highest BCUT2D eigenvalue weighted by Crippen LogP contribution is 2.30. The Labute approximate surface area is 112 Å². The van der Waals surface area contributed by atoms with Crippen LogP contribution in [0.1, 0.15) is 45.4 Å². The fraction of sp³-hybridized carbons (Fsp3) is 0.600. The summed E-state index contributed by atoms with van der Waals surface area (Å²) in [4.78, 5) is 0. The summed E-state index contributed by atoms with van der Waals surface area (Å²) >= 11 is 0. The van der Waals surface area contributed by atoms with Gasteiger partial charge in [0.15, 0.2) is 11.6 Å². The zero-order valence-electron chi connectivity index (χ0n) is 11.2. The van der Waals surface area contributed by atoms with Gasteiger partial charge in [0.05, 0.1) is 5.69 Å². The van der Waals surface area contributed by atoms with Crippen molar-refractivity contribution < 1.29 is 13.2 Å². The Kier molecular flexibility index (Phi) is 4.72. The molecule has 1 aliphatic carbocycles. The van der Waals surface area contributed by atoms with Gasteiger partial charge in [0.2, 0.25) is 0 Å². The lowest BCUT2D eigenvalue weighted by Gasteiger charge is -2.29. The molecular formula is C15H20F3N. The maximum absolute atomic E-state index is 13.5. The molecule has 0 unspecified atom stereocenters. The fourth-order valence-corrected chi connectivity index (χ4v) is 2.86. The zero-order chi connectivity index (χ0) is 13.8. The van der Waals surface area contributed by atoms with Gasteiger partial charge in [-0.25, -0.2) is 13.2 Å². The van der Waals surface area contributed by atoms with Gasteiger partial charge in [-0.2, -0.15) is 0 Å². The van der Waals surface area contributed by atoms with Crippen molar-refractivity contribution in [2.24, 2.45) is 5.92 Å². The van der Waals surface area contributed by atoms with Gasteiger partial charge in [0, 0.05) is 18.2 Å². The summed E-state index contributed by atoms with van der Waals surface area (Å²) < 4.78 is 39.4. The van der Waals surface area contributed by atoms with E-state index in [4.69, 9.17) is 0 Å². The van der Waals surface area contributed by atoms with Crippen molar-refractivity contribution in [2.75, 3.05) is 5.32 Å². The Bertz CT molecular complexity index is 426. The first kappa shape index (κ1) is 14.2. The third-order valence-electron chi connectivity index (χ3n) is 3.91. The van der Waals surface area contributed by atoms with E-state index in [2.05, 4.69) is 12.2 Å². The Hall–Kier alpha value is -1.19. The van der Waals surface area contributed by atoms with Gasteiger partial charge >= 0.3 is 0 Å². The molecule has 2 rings (SSSR count). The average molecular weight is 271 g/mol. The van der Waals surface area contributed by atoms with Gasteiger partial charge in [0.1, 0.15) is 5.82 Å². The lowest BCUT2D eigenvalue weighted by Crippen LogP contribution is -2.26. The van der Waals surface area contributed by atoms with Crippen LogP contribution in [0.3, 0.4) is 0 Å². The van der Waals surface area contributed by atoms with E-state index in [-0.39, 0.29) is 11.7 Å². The van der Waals surface area contributed by atoms with Crippen LogP contribution in [0.2, 0.25) is 0 Å². The monoisotopic (exact) mass is 271 g/mol. The highest BCUT2D eigenvalue weighted by Gasteiger charge is 2.21. The second-order valence-electron chi connectivity index (χ2n) is 5.40. The molecule has 1 aromatic carbocycles. The van der Waals surface area contributed by atoms with E-state index in [1.54, 1.807) is 0 Å². The van der Waals surface area contributed by atoms with E-state index in [9.17, 15) is 13.2 Å². The molecule has 0 radical (unpaired) electrons. The fourth-order valence-electron chi connectivity index (χ4n) is 2.86. The maximum Gasteiger partial charge on any atom is 0.161 e. The summed E-state index contributed by atoms with van der Waals surface area (Å²) in [5.74, 6) is -2.12. The summed E-state index contributed by atoms with van der Waals surface area (Å²) in [5.41, 5.74) is 0.0674. The number of halogens is 3. The number of nitrogens with one attached hydrogen (secondary N) is 1. The predicted molar refractivity (Wildman–Crippen MR) is 70.6 cm³/mol. The first-order valence-electron chi connectivity index (χ1n) is 7.01. The summed E-state index contributed by atoms with van der Waals surface area (Å²) in [6, 6.07) is 1.66. The predicted octanol–water partition coefficient (Wildman–Crippen LogP) is 4.87. The molecule has 1 saturated carbocycles. The molecule has 0 bridgehead atoms. The molecule has 1 N–H and O–H groups in total. The molecule has 1 nitrogen and oxygen atoms in total. The molecule has 19 heavy (non-hydrogen) atoms. The van der Waals surface area contributed by atoms with Crippen LogP contribution in [0.4, 0.5) is 18.9 Å². The summed E-state index contributed by atoms with van der Waals surface area (Å²) in [7, 11) is 0. The Morgan fingerprint density at radius 3 is 2.26 bits per heavy atom. The molecule has 0 amide bonds. The molecule has 0 spiro atoms. The third-order valence-corrected chi connectivity index (χ3v) is 3.91. The van der Waals surface area contributed by atoms with Crippen LogP contribution in [0.25, 0.3) is 0 Å². The number of rotatable bonds is 4. The third kappa shape index (κ3) is 3.64. The van der Waals surface area contributed by atoms with Crippen molar-refractivity contribution in [1.82, 2.24) is 0 Å². The first-order valence-corrected chi connectivity index (χ1v) is 7.01. The van der Waals surface area contributed by atoms with Crippen LogP contribution < -0.4 is 5.32 Å². The topological polar surface area (TPSA) is 12.0 Å². The minimum atomic E-state index is -1.14. The summed E-state index contributed by atoms with van der Waals surface area (Å²) in [5, 5.41) is 3.00. The van der Waals surface area contributed by atoms with Gasteiger partial charge in [0.25, 0.3) is 0 Å². The van der Waals surface area contributed by atoms with Crippen LogP contribution in [-0.2, 0) is 0 Å². The first-order chi connectivity index (χ1) is 9.10. The second kappa shape index (κ2) is 6.31. The highest BCUT2D eigenvalue weighted by atomic mass is 19.2. The maximum atomic E-state index is 13.5. The molecule has 0 heterocycles. The molecule has 1 aliphatic rings. The SMILES string of the molecule is CCCC1CCC(Nc2cc(F)c(F)cc2F)CC1. The van der Waals surface area contributed by atoms with Crippen LogP contribution in [0.5, 0.6) is 0 Å². The zero-order valence-corrected chi connectivity index (χ0v) is 11.2. The van der Waals surface area contributed by atoms with Gasteiger partial charge < -0.3 is 5.32 Å². The Morgan fingerprint density at radius 1 is 1.00 bits per heavy atom. The van der Waals surface area contributed by atoms with Crippen LogP contribution in [-0.4, -0.2) is 6.04 Å². The van der Waals surface area contributed by atoms with Crippen molar-refractivity contribution in [3.05, 3.63) is 29.6 Å². The van der Waals surface area contributed by atoms with Crippen molar-refractivity contribution in [3.8, 4) is 0 Å². The number of hydrogen-bond acceptors (Lipinski definition) is 1. The van der Waals surface area contributed by atoms with Crippen molar-refractivity contribution in [2.45, 2.75) is 51.5 Å². The van der Waals surface area contributed by atoms with Crippen LogP contribution in [0, 0.1) is 23.4 Å². The molecule has 0 atom stereocenters. The normalized spacial score (nSPS) is 23.4. The smallest absolute Gasteiger partial charge is 0.161 e. The Morgan fingerprint density at radius 2 is 1.63 bits per heavy atom. The van der Waals surface area contributed by atoms with E-state index in [0.29, 0.717) is 6.07 Å². The molecule has 0 aliphatic heterocycles. The van der Waals surface area contributed by atoms with Crippen LogP contribution in [0.15, 0.2) is 12.1 Å². The molecule has 1 aromatic rings. The Balaban J connectivity index is 1.94. The number of anilines is 1. The minimum absolute atomic E-state index is 0.0674. The molecular weight excluding hydrogens is 251 g/mol. The van der Waals surface area contributed by atoms with Crippen molar-refractivity contribution >= 4 is 5.69 Å². The number of hydrogen-bond donors (Lipinski definition) is 1. The molecule has 106 valence electrons. The van der Waals surface area contributed by atoms with Crippen LogP contribution >= 0.6 is 0 Å².